The highest BCUT2D eigenvalue weighted by Gasteiger charge is 2.26. The van der Waals surface area contributed by atoms with Crippen LogP contribution in [0.25, 0.3) is 0 Å². The van der Waals surface area contributed by atoms with Crippen LogP contribution in [0.15, 0.2) is 12.4 Å². The largest absolute Gasteiger partial charge is 0.343 e. The fraction of sp³-hybridized carbons (Fsp3) is 0.667. The Bertz CT molecular complexity index is 768. The number of rotatable bonds is 7. The lowest BCUT2D eigenvalue weighted by Gasteiger charge is -2.32. The number of imidazole rings is 1. The molecule has 0 atom stereocenters. The maximum Gasteiger partial charge on any atom is 0.222 e. The summed E-state index contributed by atoms with van der Waals surface area (Å²) >= 11 is 0. The summed E-state index contributed by atoms with van der Waals surface area (Å²) in [5.74, 6) is 1.95. The van der Waals surface area contributed by atoms with E-state index in [4.69, 9.17) is 0 Å². The Hall–Kier alpha value is -2.11. The van der Waals surface area contributed by atoms with Gasteiger partial charge in [0.15, 0.2) is 0 Å². The van der Waals surface area contributed by atoms with E-state index in [0.717, 1.165) is 50.3 Å². The third-order valence-electron chi connectivity index (χ3n) is 5.96. The molecule has 6 nitrogen and oxygen atoms in total. The van der Waals surface area contributed by atoms with Gasteiger partial charge >= 0.3 is 0 Å². The van der Waals surface area contributed by atoms with Crippen LogP contribution in [0.3, 0.4) is 0 Å². The lowest BCUT2D eigenvalue weighted by Crippen LogP contribution is -2.38. The first kappa shape index (κ1) is 19.6. The van der Waals surface area contributed by atoms with Gasteiger partial charge in [-0.1, -0.05) is 13.3 Å². The molecule has 27 heavy (non-hydrogen) atoms. The van der Waals surface area contributed by atoms with Gasteiger partial charge < -0.3 is 9.47 Å². The Labute approximate surface area is 162 Å². The summed E-state index contributed by atoms with van der Waals surface area (Å²) in [4.78, 5) is 19.3. The minimum atomic E-state index is 0.269. The third-order valence-corrected chi connectivity index (χ3v) is 5.96. The molecule has 1 aliphatic heterocycles. The van der Waals surface area contributed by atoms with Gasteiger partial charge in [0.05, 0.1) is 5.69 Å². The summed E-state index contributed by atoms with van der Waals surface area (Å²) in [5.41, 5.74) is 3.43. The van der Waals surface area contributed by atoms with Gasteiger partial charge in [-0.3, -0.25) is 9.48 Å². The molecular weight excluding hydrogens is 338 g/mol. The van der Waals surface area contributed by atoms with Crippen molar-refractivity contribution in [1.82, 2.24) is 24.2 Å². The van der Waals surface area contributed by atoms with Gasteiger partial charge in [-0.15, -0.1) is 0 Å². The minimum absolute atomic E-state index is 0.269. The molecule has 0 unspecified atom stereocenters. The van der Waals surface area contributed by atoms with Gasteiger partial charge in [-0.2, -0.15) is 5.10 Å². The van der Waals surface area contributed by atoms with Crippen LogP contribution in [0, 0.1) is 13.8 Å². The van der Waals surface area contributed by atoms with Crippen LogP contribution in [-0.2, 0) is 24.8 Å². The lowest BCUT2D eigenvalue weighted by molar-refractivity contribution is -0.132. The molecule has 0 aromatic carbocycles. The van der Waals surface area contributed by atoms with Crippen molar-refractivity contribution < 1.29 is 4.79 Å². The number of piperidine rings is 1. The number of carbonyl (C=O) groups excluding carboxylic acids is 1. The van der Waals surface area contributed by atoms with Crippen molar-refractivity contribution in [3.63, 3.8) is 0 Å². The van der Waals surface area contributed by atoms with Crippen LogP contribution in [0.2, 0.25) is 0 Å². The van der Waals surface area contributed by atoms with Crippen LogP contribution in [0.1, 0.15) is 67.7 Å². The van der Waals surface area contributed by atoms with Gasteiger partial charge in [-0.05, 0) is 45.1 Å². The SMILES string of the molecule is CCCCn1ccnc1C1CCN(C(=O)CCc2c(C)nn(C)c2C)CC1. The molecule has 0 aliphatic carbocycles. The quantitative estimate of drug-likeness (QED) is 0.750. The summed E-state index contributed by atoms with van der Waals surface area (Å²) in [7, 11) is 1.96. The first-order valence-electron chi connectivity index (χ1n) is 10.3. The molecule has 6 heteroatoms. The standard InChI is InChI=1S/C21H33N5O/c1-5-6-12-26-15-11-22-21(26)18-9-13-25(14-10-18)20(27)8-7-19-16(2)23-24(4)17(19)3/h11,15,18H,5-10,12-14H2,1-4H3. The zero-order valence-electron chi connectivity index (χ0n) is 17.2. The van der Waals surface area contributed by atoms with Crippen molar-refractivity contribution >= 4 is 5.91 Å². The molecule has 0 spiro atoms. The molecule has 1 aliphatic rings. The van der Waals surface area contributed by atoms with Crippen LogP contribution >= 0.6 is 0 Å². The summed E-state index contributed by atoms with van der Waals surface area (Å²) in [5, 5.41) is 4.45. The zero-order chi connectivity index (χ0) is 19.4. The van der Waals surface area contributed by atoms with E-state index in [-0.39, 0.29) is 5.91 Å². The second kappa shape index (κ2) is 8.72. The molecule has 0 saturated carbocycles. The van der Waals surface area contributed by atoms with Crippen molar-refractivity contribution in [2.24, 2.45) is 7.05 Å². The first-order valence-corrected chi connectivity index (χ1v) is 10.3. The predicted molar refractivity (Wildman–Crippen MR) is 107 cm³/mol. The number of hydrogen-bond donors (Lipinski definition) is 0. The number of hydrogen-bond acceptors (Lipinski definition) is 3. The highest BCUT2D eigenvalue weighted by atomic mass is 16.2. The highest BCUT2D eigenvalue weighted by Crippen LogP contribution is 2.27. The van der Waals surface area contributed by atoms with E-state index in [0.29, 0.717) is 12.3 Å². The molecule has 3 rings (SSSR count). The van der Waals surface area contributed by atoms with Crippen molar-refractivity contribution in [2.45, 2.75) is 71.8 Å². The molecule has 2 aromatic rings. The van der Waals surface area contributed by atoms with E-state index in [1.54, 1.807) is 0 Å². The van der Waals surface area contributed by atoms with Gasteiger partial charge in [-0.25, -0.2) is 4.98 Å². The topological polar surface area (TPSA) is 56.0 Å². The van der Waals surface area contributed by atoms with E-state index in [2.05, 4.69) is 34.7 Å². The number of carbonyl (C=O) groups is 1. The maximum atomic E-state index is 12.7. The van der Waals surface area contributed by atoms with Crippen LogP contribution < -0.4 is 0 Å². The van der Waals surface area contributed by atoms with Crippen molar-refractivity contribution in [1.29, 1.82) is 0 Å². The number of amides is 1. The Balaban J connectivity index is 1.51. The van der Waals surface area contributed by atoms with E-state index in [9.17, 15) is 4.79 Å². The number of aryl methyl sites for hydroxylation is 3. The van der Waals surface area contributed by atoms with Crippen LogP contribution in [0.5, 0.6) is 0 Å². The fourth-order valence-electron chi connectivity index (χ4n) is 4.15. The average Bonchev–Trinajstić information content (AvgIpc) is 3.23. The summed E-state index contributed by atoms with van der Waals surface area (Å²) in [6, 6.07) is 0. The smallest absolute Gasteiger partial charge is 0.222 e. The third kappa shape index (κ3) is 4.42. The average molecular weight is 372 g/mol. The van der Waals surface area contributed by atoms with E-state index in [1.165, 1.54) is 24.2 Å². The molecule has 148 valence electrons. The van der Waals surface area contributed by atoms with Gasteiger partial charge in [0.2, 0.25) is 5.91 Å². The Morgan fingerprint density at radius 1 is 1.26 bits per heavy atom. The monoisotopic (exact) mass is 371 g/mol. The minimum Gasteiger partial charge on any atom is -0.343 e. The van der Waals surface area contributed by atoms with Gasteiger partial charge in [0.1, 0.15) is 5.82 Å². The van der Waals surface area contributed by atoms with Crippen LogP contribution in [0.4, 0.5) is 0 Å². The lowest BCUT2D eigenvalue weighted by atomic mass is 9.95. The second-order valence-corrected chi connectivity index (χ2v) is 7.76. The Kier molecular flexibility index (Phi) is 6.34. The molecule has 3 heterocycles. The first-order chi connectivity index (χ1) is 13.0. The summed E-state index contributed by atoms with van der Waals surface area (Å²) in [6.45, 7) is 9.05. The normalized spacial score (nSPS) is 15.5. The van der Waals surface area contributed by atoms with Gasteiger partial charge in [0.25, 0.3) is 0 Å². The molecule has 1 fully saturated rings. The molecule has 0 N–H and O–H groups in total. The molecule has 0 bridgehead atoms. The molecule has 1 saturated heterocycles. The second-order valence-electron chi connectivity index (χ2n) is 7.76. The number of aromatic nitrogens is 4. The van der Waals surface area contributed by atoms with E-state index < -0.39 is 0 Å². The molecular formula is C21H33N5O. The number of likely N-dealkylation sites (tertiary alicyclic amines) is 1. The highest BCUT2D eigenvalue weighted by molar-refractivity contribution is 5.76. The Morgan fingerprint density at radius 3 is 2.63 bits per heavy atom. The van der Waals surface area contributed by atoms with E-state index >= 15 is 0 Å². The maximum absolute atomic E-state index is 12.7. The molecule has 2 aromatic heterocycles. The number of unbranched alkanes of at least 4 members (excludes halogenated alkanes) is 1. The Morgan fingerprint density at radius 2 is 2.00 bits per heavy atom. The van der Waals surface area contributed by atoms with Crippen molar-refractivity contribution in [2.75, 3.05) is 13.1 Å². The predicted octanol–water partition coefficient (Wildman–Crippen LogP) is 3.37. The van der Waals surface area contributed by atoms with Crippen LogP contribution in [-0.4, -0.2) is 43.2 Å². The van der Waals surface area contributed by atoms with Gasteiger partial charge in [0, 0.05) is 57.1 Å². The fourth-order valence-corrected chi connectivity index (χ4v) is 4.15. The van der Waals surface area contributed by atoms with Crippen molar-refractivity contribution in [3.8, 4) is 0 Å². The van der Waals surface area contributed by atoms with Crippen molar-refractivity contribution in [3.05, 3.63) is 35.2 Å². The summed E-state index contributed by atoms with van der Waals surface area (Å²) in [6.07, 6.45) is 9.78. The summed E-state index contributed by atoms with van der Waals surface area (Å²) < 4.78 is 4.21. The molecule has 0 radical (unpaired) electrons. The zero-order valence-corrected chi connectivity index (χ0v) is 17.2. The number of nitrogens with zero attached hydrogens (tertiary/aromatic N) is 5. The van der Waals surface area contributed by atoms with E-state index in [1.807, 2.05) is 29.7 Å². The molecule has 1 amide bonds.